The number of hydrogen-bond donors (Lipinski definition) is 2. The highest BCUT2D eigenvalue weighted by Gasteiger charge is 2.54. The summed E-state index contributed by atoms with van der Waals surface area (Å²) in [5, 5.41) is 5.71. The number of hydrogen-bond acceptors (Lipinski definition) is 18. The van der Waals surface area contributed by atoms with Crippen molar-refractivity contribution in [3.63, 3.8) is 0 Å². The van der Waals surface area contributed by atoms with Crippen molar-refractivity contribution in [2.75, 3.05) is 157 Å². The molecule has 0 aromatic heterocycles. The van der Waals surface area contributed by atoms with E-state index in [-0.39, 0.29) is 129 Å². The maximum atomic E-state index is 14.5. The molecule has 0 saturated carbocycles. The summed E-state index contributed by atoms with van der Waals surface area (Å²) >= 11 is 0. The lowest BCUT2D eigenvalue weighted by Crippen LogP contribution is -2.65. The summed E-state index contributed by atoms with van der Waals surface area (Å²) in [5.74, 6) is -11.0. The molecule has 12 fully saturated rings. The van der Waals surface area contributed by atoms with Gasteiger partial charge in [-0.15, -0.1) is 0 Å². The number of carbonyl (C=O) groups is 6. The normalized spacial score (nSPS) is 27.1. The van der Waals surface area contributed by atoms with Gasteiger partial charge in [-0.2, -0.15) is 0 Å². The number of carbonyl (C=O) groups excluding carboxylic acids is 6. The fraction of sp³-hybridized carbons (Fsp3) is 0.940. The molecule has 2 amide bonds. The molecule has 0 spiro atoms. The molecular formula is C100H182F8N14O6. The topological polar surface area (TPSA) is 165 Å². The Labute approximate surface area is 770 Å². The van der Waals surface area contributed by atoms with Crippen molar-refractivity contribution >= 4 is 34.9 Å². The summed E-state index contributed by atoms with van der Waals surface area (Å²) in [6.45, 7) is 66.8. The molecule has 5 unspecified atom stereocenters. The third-order valence-corrected chi connectivity index (χ3v) is 30.8. The van der Waals surface area contributed by atoms with Crippen molar-refractivity contribution in [2.45, 2.75) is 390 Å². The van der Waals surface area contributed by atoms with Gasteiger partial charge in [0.2, 0.25) is 11.8 Å². The van der Waals surface area contributed by atoms with Crippen molar-refractivity contribution in [2.24, 2.45) is 59.2 Å². The zero-order valence-electron chi connectivity index (χ0n) is 84.4. The van der Waals surface area contributed by atoms with Gasteiger partial charge in [-0.05, 0) is 263 Å². The number of likely N-dealkylation sites (tertiary alicyclic amines) is 12. The molecule has 744 valence electrons. The second-order valence-corrected chi connectivity index (χ2v) is 44.4. The van der Waals surface area contributed by atoms with Gasteiger partial charge in [0.05, 0.1) is 32.2 Å². The zero-order chi connectivity index (χ0) is 95.4. The molecule has 20 nitrogen and oxygen atoms in total. The fourth-order valence-electron chi connectivity index (χ4n) is 20.8. The summed E-state index contributed by atoms with van der Waals surface area (Å²) in [6, 6.07) is 4.03. The van der Waals surface area contributed by atoms with Crippen LogP contribution in [-0.4, -0.2) is 359 Å². The van der Waals surface area contributed by atoms with Crippen molar-refractivity contribution in [3.8, 4) is 0 Å². The van der Waals surface area contributed by atoms with E-state index < -0.39 is 47.6 Å². The number of nitrogens with one attached hydrogen (secondary N) is 2. The molecule has 12 saturated heterocycles. The lowest BCUT2D eigenvalue weighted by molar-refractivity contribution is -0.147. The molecule has 12 rings (SSSR count). The second-order valence-electron chi connectivity index (χ2n) is 44.4. The first-order chi connectivity index (χ1) is 59.8. The van der Waals surface area contributed by atoms with E-state index in [1.165, 1.54) is 65.0 Å². The van der Waals surface area contributed by atoms with Crippen LogP contribution in [0.1, 0.15) is 282 Å². The third kappa shape index (κ3) is 34.1. The Bertz CT molecular complexity index is 3300. The van der Waals surface area contributed by atoms with Crippen LogP contribution in [0.3, 0.4) is 0 Å². The second kappa shape index (κ2) is 51.1. The monoisotopic (exact) mass is 1830 g/mol. The van der Waals surface area contributed by atoms with Gasteiger partial charge in [0.1, 0.15) is 29.2 Å². The standard InChI is InChI=1S/2C18H32F2N2O.C16H29F2N3O.C16H28F2N2O.C16H31N3O.C16H30N2O/c1-13(2)17(23)11-15-5-8-22(12-18(15,19)20)16-6-9-21(10-7-16)14(3)4;1-13(2)16(23)11-15-5-8-21(9-6-15)17-7-10-22(14(3)4)12-18(17,19)20;1-11(2)15(22)19-14-9-21(10-16(14,17)18)13-5-7-20(8-6-13)12(3)4;1-11(2)15(21)7-13-5-6-19(10-16(13,17)18)14-8-20(9-14)12(3)4;1-12(2)16(20)17-14-5-8-19(11-14)15-6-9-18(10-7-15)13(3)4;1-12(2)16(19)9-14-5-7-17(8-6-14)15-10-18(11-15)13(3)4/h13-16H,5-12H2,1-4H3;13-15,17H,5-12H2,1-4H3;11-14H,5-10H2,1-4H3,(H,19,22);11-14H,5-10H2,1-4H3;12-15H,5-11H2,1-4H3,(H,17,20);12-15H,5-11H2,1-4H3. The van der Waals surface area contributed by atoms with Gasteiger partial charge in [0.25, 0.3) is 23.7 Å². The van der Waals surface area contributed by atoms with E-state index in [0.717, 1.165) is 122 Å². The molecule has 12 aliphatic heterocycles. The SMILES string of the molecule is CC(C)C(=O)CC1CCN(C2CCN(C(C)C)CC2(F)F)CC1.CC(C)C(=O)CC1CCN(C2CCN(C(C)C)CC2)CC1(F)F.CC(C)C(=O)CC1CCN(C2CN(C(C)C)C2)CC1.CC(C)C(=O)CC1CCN(C2CN(C(C)C)C2)CC1(F)F.CC(C)C(=O)NC1CCN(C2CCN(C(C)C)CC2)C1.CC(C)C(=O)NC1CN(C2CCN(C(C)C)CC2)CC1(F)F. The summed E-state index contributed by atoms with van der Waals surface area (Å²) in [5.41, 5.74) is 0. The van der Waals surface area contributed by atoms with Crippen molar-refractivity contribution < 1.29 is 63.9 Å². The molecule has 0 bridgehead atoms. The van der Waals surface area contributed by atoms with E-state index in [1.54, 1.807) is 41.5 Å². The molecule has 0 aromatic carbocycles. The molecule has 0 aromatic rings. The van der Waals surface area contributed by atoms with Crippen LogP contribution in [0.4, 0.5) is 35.1 Å². The fourth-order valence-corrected chi connectivity index (χ4v) is 20.8. The maximum Gasteiger partial charge on any atom is 0.281 e. The maximum absolute atomic E-state index is 14.5. The minimum absolute atomic E-state index is 0.0291. The average Bonchev–Trinajstić information content (AvgIpc) is 1.69. The highest BCUT2D eigenvalue weighted by atomic mass is 19.3. The smallest absolute Gasteiger partial charge is 0.281 e. The Morgan fingerprint density at radius 3 is 0.914 bits per heavy atom. The largest absolute Gasteiger partial charge is 0.352 e. The average molecular weight is 1830 g/mol. The van der Waals surface area contributed by atoms with Crippen LogP contribution in [0.15, 0.2) is 0 Å². The van der Waals surface area contributed by atoms with Crippen LogP contribution >= 0.6 is 0 Å². The first kappa shape index (κ1) is 112. The number of piperidine rings is 8. The lowest BCUT2D eigenvalue weighted by atomic mass is 9.85. The minimum Gasteiger partial charge on any atom is -0.352 e. The van der Waals surface area contributed by atoms with E-state index in [2.05, 4.69) is 114 Å². The first-order valence-corrected chi connectivity index (χ1v) is 50.9. The van der Waals surface area contributed by atoms with E-state index in [0.29, 0.717) is 112 Å². The summed E-state index contributed by atoms with van der Waals surface area (Å²) in [6.07, 6.45) is 14.6. The van der Waals surface area contributed by atoms with E-state index in [9.17, 15) is 63.9 Å². The Morgan fingerprint density at radius 2 is 0.562 bits per heavy atom. The van der Waals surface area contributed by atoms with Gasteiger partial charge >= 0.3 is 0 Å². The number of rotatable bonds is 28. The Hall–Kier alpha value is -3.42. The number of Topliss-reactive ketones (excluding diaryl/α,β-unsaturated/α-hetero) is 4. The molecule has 28 heteroatoms. The van der Waals surface area contributed by atoms with Crippen LogP contribution in [0.2, 0.25) is 0 Å². The molecular weight excluding hydrogens is 1650 g/mol. The van der Waals surface area contributed by atoms with Crippen LogP contribution in [0, 0.1) is 59.2 Å². The number of alkyl halides is 8. The first-order valence-electron chi connectivity index (χ1n) is 50.9. The molecule has 0 aliphatic carbocycles. The molecule has 0 radical (unpaired) electrons. The third-order valence-electron chi connectivity index (χ3n) is 30.8. The van der Waals surface area contributed by atoms with E-state index in [1.807, 2.05) is 79.9 Å². The Morgan fingerprint density at radius 1 is 0.258 bits per heavy atom. The molecule has 2 N–H and O–H groups in total. The highest BCUT2D eigenvalue weighted by Crippen LogP contribution is 2.42. The quantitative estimate of drug-likeness (QED) is 0.0710. The van der Waals surface area contributed by atoms with Gasteiger partial charge in [-0.25, -0.2) is 35.1 Å². The van der Waals surface area contributed by atoms with Crippen molar-refractivity contribution in [1.29, 1.82) is 0 Å². The van der Waals surface area contributed by atoms with Gasteiger partial charge in [0, 0.05) is 198 Å². The minimum atomic E-state index is -2.83. The Balaban J connectivity index is 0.000000211. The van der Waals surface area contributed by atoms with Crippen LogP contribution in [-0.2, 0) is 28.8 Å². The number of amides is 2. The number of ketones is 4. The van der Waals surface area contributed by atoms with Crippen molar-refractivity contribution in [1.82, 2.24) is 69.4 Å². The predicted octanol–water partition coefficient (Wildman–Crippen LogP) is 15.6. The highest BCUT2D eigenvalue weighted by molar-refractivity contribution is 5.82. The Kier molecular flexibility index (Phi) is 44.6. The molecule has 12 heterocycles. The number of nitrogens with zero attached hydrogens (tertiary/aromatic N) is 12. The molecule has 5 atom stereocenters. The summed E-state index contributed by atoms with van der Waals surface area (Å²) < 4.78 is 115. The zero-order valence-corrected chi connectivity index (χ0v) is 84.4. The lowest BCUT2D eigenvalue weighted by Gasteiger charge is -2.50. The molecule has 128 heavy (non-hydrogen) atoms. The summed E-state index contributed by atoms with van der Waals surface area (Å²) in [7, 11) is 0. The van der Waals surface area contributed by atoms with E-state index in [4.69, 9.17) is 0 Å². The van der Waals surface area contributed by atoms with Crippen molar-refractivity contribution in [3.05, 3.63) is 0 Å². The van der Waals surface area contributed by atoms with Gasteiger partial charge < -0.3 is 25.3 Å². The van der Waals surface area contributed by atoms with E-state index >= 15 is 0 Å². The number of halogens is 8. The predicted molar refractivity (Wildman–Crippen MR) is 502 cm³/mol. The van der Waals surface area contributed by atoms with Crippen LogP contribution in [0.5, 0.6) is 0 Å². The summed E-state index contributed by atoms with van der Waals surface area (Å²) in [4.78, 5) is 97.8. The molecule has 12 aliphatic rings. The van der Waals surface area contributed by atoms with Gasteiger partial charge in [-0.1, -0.05) is 83.1 Å². The van der Waals surface area contributed by atoms with Crippen LogP contribution in [0.25, 0.3) is 0 Å². The van der Waals surface area contributed by atoms with Crippen LogP contribution < -0.4 is 10.6 Å². The van der Waals surface area contributed by atoms with Gasteiger partial charge in [0.15, 0.2) is 0 Å². The van der Waals surface area contributed by atoms with Gasteiger partial charge in [-0.3, -0.25) is 72.9 Å².